The molecule has 2 rings (SSSR count). The first-order chi connectivity index (χ1) is 8.11. The standard InChI is InChI=1S/C11H10ClN3OS/c1-7(16)15-11(17-2)13-10(14-15)8-3-5-9(12)6-4-8/h3-6H,1-2H3. The fourth-order valence-corrected chi connectivity index (χ4v) is 2.00. The third-order valence-corrected chi connectivity index (χ3v) is 3.04. The van der Waals surface area contributed by atoms with Gasteiger partial charge >= 0.3 is 0 Å². The second-order valence-corrected chi connectivity index (χ2v) is 4.57. The molecule has 2 aromatic rings. The monoisotopic (exact) mass is 267 g/mol. The van der Waals surface area contributed by atoms with Crippen LogP contribution in [-0.4, -0.2) is 26.9 Å². The molecule has 1 aromatic heterocycles. The molecule has 0 aliphatic rings. The topological polar surface area (TPSA) is 47.8 Å². The van der Waals surface area contributed by atoms with E-state index in [9.17, 15) is 4.79 Å². The lowest BCUT2D eigenvalue weighted by Crippen LogP contribution is -2.08. The van der Waals surface area contributed by atoms with Gasteiger partial charge in [0.2, 0.25) is 5.91 Å². The first-order valence-corrected chi connectivity index (χ1v) is 6.50. The predicted molar refractivity (Wildman–Crippen MR) is 68.5 cm³/mol. The zero-order valence-corrected chi connectivity index (χ0v) is 10.9. The minimum absolute atomic E-state index is 0.151. The smallest absolute Gasteiger partial charge is 0.246 e. The number of halogens is 1. The van der Waals surface area contributed by atoms with E-state index in [-0.39, 0.29) is 5.91 Å². The minimum atomic E-state index is -0.151. The van der Waals surface area contributed by atoms with E-state index in [1.807, 2.05) is 18.4 Å². The molecule has 0 N–H and O–H groups in total. The van der Waals surface area contributed by atoms with Crippen LogP contribution in [0.3, 0.4) is 0 Å². The predicted octanol–water partition coefficient (Wildman–Crippen LogP) is 2.98. The number of hydrogen-bond acceptors (Lipinski definition) is 4. The quantitative estimate of drug-likeness (QED) is 0.785. The molecule has 1 aromatic carbocycles. The van der Waals surface area contributed by atoms with Crippen molar-refractivity contribution in [2.24, 2.45) is 0 Å². The highest BCUT2D eigenvalue weighted by Gasteiger charge is 2.13. The van der Waals surface area contributed by atoms with Gasteiger partial charge in [-0.2, -0.15) is 4.68 Å². The van der Waals surface area contributed by atoms with E-state index in [0.29, 0.717) is 16.0 Å². The zero-order valence-electron chi connectivity index (χ0n) is 9.35. The molecular weight excluding hydrogens is 258 g/mol. The summed E-state index contributed by atoms with van der Waals surface area (Å²) in [6.45, 7) is 1.46. The third-order valence-electron chi connectivity index (χ3n) is 2.16. The van der Waals surface area contributed by atoms with Crippen LogP contribution in [0.4, 0.5) is 0 Å². The summed E-state index contributed by atoms with van der Waals surface area (Å²) in [5.74, 6) is 0.378. The Labute approximate surface area is 108 Å². The number of thioether (sulfide) groups is 1. The highest BCUT2D eigenvalue weighted by atomic mass is 35.5. The van der Waals surface area contributed by atoms with Crippen LogP contribution >= 0.6 is 23.4 Å². The summed E-state index contributed by atoms with van der Waals surface area (Å²) in [6.07, 6.45) is 1.86. The first kappa shape index (κ1) is 12.1. The van der Waals surface area contributed by atoms with E-state index < -0.39 is 0 Å². The van der Waals surface area contributed by atoms with Gasteiger partial charge in [0.15, 0.2) is 11.0 Å². The molecule has 0 radical (unpaired) electrons. The maximum atomic E-state index is 11.3. The van der Waals surface area contributed by atoms with Gasteiger partial charge in [0.1, 0.15) is 0 Å². The van der Waals surface area contributed by atoms with Crippen LogP contribution in [0.15, 0.2) is 29.4 Å². The van der Waals surface area contributed by atoms with E-state index in [2.05, 4.69) is 10.1 Å². The number of nitrogens with zero attached hydrogens (tertiary/aromatic N) is 3. The number of benzene rings is 1. The molecule has 4 nitrogen and oxygen atoms in total. The van der Waals surface area contributed by atoms with Crippen LogP contribution in [0.1, 0.15) is 11.7 Å². The second kappa shape index (κ2) is 4.89. The largest absolute Gasteiger partial charge is 0.273 e. The SMILES string of the molecule is CSc1nc(-c2ccc(Cl)cc2)nn1C(C)=O. The minimum Gasteiger partial charge on any atom is -0.273 e. The fourth-order valence-electron chi connectivity index (χ4n) is 1.36. The maximum absolute atomic E-state index is 11.3. The second-order valence-electron chi connectivity index (χ2n) is 3.36. The lowest BCUT2D eigenvalue weighted by molar-refractivity contribution is 0.0909. The molecule has 0 atom stereocenters. The molecule has 1 heterocycles. The Morgan fingerprint density at radius 2 is 2.00 bits per heavy atom. The van der Waals surface area contributed by atoms with Crippen LogP contribution in [0.25, 0.3) is 11.4 Å². The molecule has 0 saturated carbocycles. The van der Waals surface area contributed by atoms with Gasteiger partial charge in [0, 0.05) is 17.5 Å². The summed E-state index contributed by atoms with van der Waals surface area (Å²) in [6, 6.07) is 7.19. The highest BCUT2D eigenvalue weighted by Crippen LogP contribution is 2.21. The molecule has 88 valence electrons. The Bertz CT molecular complexity index is 550. The average Bonchev–Trinajstić information content (AvgIpc) is 2.74. The molecule has 0 amide bonds. The molecule has 0 saturated heterocycles. The molecular formula is C11H10ClN3OS. The lowest BCUT2D eigenvalue weighted by Gasteiger charge is -1.95. The zero-order chi connectivity index (χ0) is 12.4. The van der Waals surface area contributed by atoms with Crippen molar-refractivity contribution in [1.29, 1.82) is 0 Å². The Balaban J connectivity index is 2.46. The number of carbonyl (C=O) groups is 1. The summed E-state index contributed by atoms with van der Waals surface area (Å²) in [5, 5.41) is 5.42. The van der Waals surface area contributed by atoms with Crippen LogP contribution in [0.5, 0.6) is 0 Å². The van der Waals surface area contributed by atoms with Crippen molar-refractivity contribution in [3.63, 3.8) is 0 Å². The average molecular weight is 268 g/mol. The maximum Gasteiger partial charge on any atom is 0.246 e. The molecule has 0 unspecified atom stereocenters. The number of hydrogen-bond donors (Lipinski definition) is 0. The summed E-state index contributed by atoms with van der Waals surface area (Å²) in [4.78, 5) is 15.7. The van der Waals surface area contributed by atoms with Gasteiger partial charge in [0.25, 0.3) is 0 Å². The normalized spacial score (nSPS) is 10.5. The Morgan fingerprint density at radius 3 is 2.47 bits per heavy atom. The molecule has 0 bridgehead atoms. The van der Waals surface area contributed by atoms with Crippen LogP contribution in [0, 0.1) is 0 Å². The van der Waals surface area contributed by atoms with Crippen molar-refractivity contribution in [3.05, 3.63) is 29.3 Å². The summed E-state index contributed by atoms with van der Waals surface area (Å²) in [5.41, 5.74) is 0.838. The van der Waals surface area contributed by atoms with Gasteiger partial charge in [-0.15, -0.1) is 5.10 Å². The first-order valence-electron chi connectivity index (χ1n) is 4.89. The summed E-state index contributed by atoms with van der Waals surface area (Å²) in [7, 11) is 0. The van der Waals surface area contributed by atoms with Crippen LogP contribution in [-0.2, 0) is 0 Å². The van der Waals surface area contributed by atoms with E-state index >= 15 is 0 Å². The van der Waals surface area contributed by atoms with Crippen molar-refractivity contribution in [2.75, 3.05) is 6.26 Å². The molecule has 0 aliphatic carbocycles. The van der Waals surface area contributed by atoms with Gasteiger partial charge in [0.05, 0.1) is 0 Å². The van der Waals surface area contributed by atoms with Gasteiger partial charge in [-0.05, 0) is 30.5 Å². The van der Waals surface area contributed by atoms with Gasteiger partial charge in [-0.1, -0.05) is 23.4 Å². The number of rotatable bonds is 2. The van der Waals surface area contributed by atoms with Crippen molar-refractivity contribution < 1.29 is 4.79 Å². The van der Waals surface area contributed by atoms with Crippen molar-refractivity contribution >= 4 is 29.3 Å². The van der Waals surface area contributed by atoms with E-state index in [1.165, 1.54) is 23.4 Å². The van der Waals surface area contributed by atoms with Gasteiger partial charge in [-0.3, -0.25) is 4.79 Å². The van der Waals surface area contributed by atoms with Crippen LogP contribution in [0.2, 0.25) is 5.02 Å². The number of aromatic nitrogens is 3. The molecule has 17 heavy (non-hydrogen) atoms. The lowest BCUT2D eigenvalue weighted by atomic mass is 10.2. The molecule has 6 heteroatoms. The Morgan fingerprint density at radius 1 is 1.35 bits per heavy atom. The molecule has 0 fully saturated rings. The Kier molecular flexibility index (Phi) is 3.49. The van der Waals surface area contributed by atoms with E-state index in [1.54, 1.807) is 12.1 Å². The Hall–Kier alpha value is -1.33. The van der Waals surface area contributed by atoms with Crippen molar-refractivity contribution in [1.82, 2.24) is 14.8 Å². The van der Waals surface area contributed by atoms with E-state index in [4.69, 9.17) is 11.6 Å². The third kappa shape index (κ3) is 2.50. The highest BCUT2D eigenvalue weighted by molar-refractivity contribution is 7.98. The van der Waals surface area contributed by atoms with Crippen molar-refractivity contribution in [2.45, 2.75) is 12.1 Å². The molecule has 0 aliphatic heterocycles. The van der Waals surface area contributed by atoms with Crippen LogP contribution < -0.4 is 0 Å². The van der Waals surface area contributed by atoms with Crippen molar-refractivity contribution in [3.8, 4) is 11.4 Å². The van der Waals surface area contributed by atoms with E-state index in [0.717, 1.165) is 5.56 Å². The van der Waals surface area contributed by atoms with Gasteiger partial charge < -0.3 is 0 Å². The molecule has 0 spiro atoms. The number of carbonyl (C=O) groups excluding carboxylic acids is 1. The summed E-state index contributed by atoms with van der Waals surface area (Å²) >= 11 is 7.19. The van der Waals surface area contributed by atoms with Gasteiger partial charge in [-0.25, -0.2) is 4.98 Å². The fraction of sp³-hybridized carbons (Fsp3) is 0.182. The summed E-state index contributed by atoms with van der Waals surface area (Å²) < 4.78 is 1.30.